The second-order valence-corrected chi connectivity index (χ2v) is 4.24. The lowest BCUT2D eigenvalue weighted by molar-refractivity contribution is 0.756. The fraction of sp³-hybridized carbons (Fsp3) is 0.429. The summed E-state index contributed by atoms with van der Waals surface area (Å²) in [5.74, 6) is 0. The molecule has 86 valence electrons. The first-order chi connectivity index (χ1) is 7.92. The highest BCUT2D eigenvalue weighted by atomic mass is 15.1. The van der Waals surface area contributed by atoms with E-state index in [4.69, 9.17) is 0 Å². The summed E-state index contributed by atoms with van der Waals surface area (Å²) in [6.45, 7) is 7.93. The van der Waals surface area contributed by atoms with Crippen LogP contribution in [0.5, 0.6) is 0 Å². The van der Waals surface area contributed by atoms with Gasteiger partial charge >= 0.3 is 0 Å². The maximum atomic E-state index is 3.72. The third kappa shape index (κ3) is 2.64. The van der Waals surface area contributed by atoms with Gasteiger partial charge in [-0.2, -0.15) is 0 Å². The first-order valence-corrected chi connectivity index (χ1v) is 6.06. The van der Waals surface area contributed by atoms with Gasteiger partial charge in [0, 0.05) is 31.9 Å². The first kappa shape index (κ1) is 11.2. The number of hydrogen-bond donors (Lipinski definition) is 1. The Labute approximate surface area is 98.0 Å². The minimum atomic E-state index is 0.869. The van der Waals surface area contributed by atoms with Crippen molar-refractivity contribution in [3.8, 4) is 0 Å². The van der Waals surface area contributed by atoms with E-state index in [0.717, 1.165) is 13.1 Å². The average Bonchev–Trinajstić information content (AvgIpc) is 2.83. The van der Waals surface area contributed by atoms with Crippen molar-refractivity contribution in [2.24, 2.45) is 0 Å². The number of nitrogens with zero attached hydrogens (tertiary/aromatic N) is 1. The lowest BCUT2D eigenvalue weighted by atomic mass is 10.1. The lowest BCUT2D eigenvalue weighted by Gasteiger charge is -2.21. The molecular formula is C14H20N2. The molecule has 1 aromatic rings. The molecule has 2 heteroatoms. The van der Waals surface area contributed by atoms with Crippen LogP contribution in [0.4, 0.5) is 5.69 Å². The number of rotatable bonds is 5. The van der Waals surface area contributed by atoms with Gasteiger partial charge in [0.15, 0.2) is 0 Å². The molecule has 1 heterocycles. The van der Waals surface area contributed by atoms with Gasteiger partial charge in [-0.3, -0.25) is 0 Å². The predicted molar refractivity (Wildman–Crippen MR) is 69.8 cm³/mol. The van der Waals surface area contributed by atoms with Gasteiger partial charge in [-0.15, -0.1) is 6.58 Å². The number of nitrogens with one attached hydrogen (secondary N) is 1. The fourth-order valence-corrected chi connectivity index (χ4v) is 2.24. The van der Waals surface area contributed by atoms with Gasteiger partial charge < -0.3 is 10.2 Å². The van der Waals surface area contributed by atoms with Gasteiger partial charge in [0.05, 0.1) is 0 Å². The minimum absolute atomic E-state index is 0.869. The van der Waals surface area contributed by atoms with Gasteiger partial charge in [0.2, 0.25) is 0 Å². The van der Waals surface area contributed by atoms with E-state index in [0.29, 0.717) is 0 Å². The van der Waals surface area contributed by atoms with Gasteiger partial charge in [0.25, 0.3) is 0 Å². The summed E-state index contributed by atoms with van der Waals surface area (Å²) >= 11 is 0. The standard InChI is InChI=1S/C14H20N2/c1-2-9-15-12-13-7-3-4-8-14(13)16-10-5-6-11-16/h2-4,7-8,15H,1,5-6,9-12H2. The molecule has 1 aliphatic rings. The Morgan fingerprint density at radius 3 is 2.75 bits per heavy atom. The molecule has 16 heavy (non-hydrogen) atoms. The Morgan fingerprint density at radius 2 is 2.00 bits per heavy atom. The summed E-state index contributed by atoms with van der Waals surface area (Å²) in [6, 6.07) is 8.69. The van der Waals surface area contributed by atoms with E-state index in [2.05, 4.69) is 41.1 Å². The third-order valence-corrected chi connectivity index (χ3v) is 3.04. The van der Waals surface area contributed by atoms with Crippen LogP contribution in [0.3, 0.4) is 0 Å². The van der Waals surface area contributed by atoms with Crippen LogP contribution >= 0.6 is 0 Å². The molecule has 0 atom stereocenters. The molecule has 2 rings (SSSR count). The summed E-state index contributed by atoms with van der Waals surface area (Å²) in [5.41, 5.74) is 2.79. The van der Waals surface area contributed by atoms with Crippen molar-refractivity contribution in [3.05, 3.63) is 42.5 Å². The zero-order valence-corrected chi connectivity index (χ0v) is 9.78. The van der Waals surface area contributed by atoms with Crippen LogP contribution in [0.2, 0.25) is 0 Å². The molecule has 0 radical (unpaired) electrons. The fourth-order valence-electron chi connectivity index (χ4n) is 2.24. The van der Waals surface area contributed by atoms with E-state index >= 15 is 0 Å². The summed E-state index contributed by atoms with van der Waals surface area (Å²) in [7, 11) is 0. The average molecular weight is 216 g/mol. The van der Waals surface area contributed by atoms with Crippen molar-refractivity contribution in [2.75, 3.05) is 24.5 Å². The van der Waals surface area contributed by atoms with Crippen LogP contribution in [0.1, 0.15) is 18.4 Å². The number of benzene rings is 1. The molecule has 2 nitrogen and oxygen atoms in total. The van der Waals surface area contributed by atoms with Crippen molar-refractivity contribution in [1.29, 1.82) is 0 Å². The molecule has 0 aliphatic carbocycles. The monoisotopic (exact) mass is 216 g/mol. The topological polar surface area (TPSA) is 15.3 Å². The van der Waals surface area contributed by atoms with E-state index < -0.39 is 0 Å². The van der Waals surface area contributed by atoms with Gasteiger partial charge in [-0.25, -0.2) is 0 Å². The zero-order chi connectivity index (χ0) is 11.2. The van der Waals surface area contributed by atoms with Crippen LogP contribution in [-0.2, 0) is 6.54 Å². The van der Waals surface area contributed by atoms with Crippen LogP contribution in [0.15, 0.2) is 36.9 Å². The highest BCUT2D eigenvalue weighted by Gasteiger charge is 2.14. The maximum absolute atomic E-state index is 3.72. The number of para-hydroxylation sites is 1. The van der Waals surface area contributed by atoms with Crippen LogP contribution < -0.4 is 10.2 Å². The summed E-state index contributed by atoms with van der Waals surface area (Å²) in [5, 5.41) is 3.37. The normalized spacial score (nSPS) is 15.4. The quantitative estimate of drug-likeness (QED) is 0.601. The third-order valence-electron chi connectivity index (χ3n) is 3.04. The molecule has 1 N–H and O–H groups in total. The Hall–Kier alpha value is -1.28. The molecule has 0 aromatic heterocycles. The highest BCUT2D eigenvalue weighted by molar-refractivity contribution is 5.54. The summed E-state index contributed by atoms with van der Waals surface area (Å²) in [6.07, 6.45) is 4.56. The van der Waals surface area contributed by atoms with Crippen molar-refractivity contribution in [3.63, 3.8) is 0 Å². The van der Waals surface area contributed by atoms with Crippen molar-refractivity contribution < 1.29 is 0 Å². The molecule has 0 bridgehead atoms. The van der Waals surface area contributed by atoms with Crippen molar-refractivity contribution in [2.45, 2.75) is 19.4 Å². The molecule has 1 saturated heterocycles. The Morgan fingerprint density at radius 1 is 1.25 bits per heavy atom. The van der Waals surface area contributed by atoms with E-state index in [1.807, 2.05) is 6.08 Å². The molecule has 1 aromatic carbocycles. The van der Waals surface area contributed by atoms with Gasteiger partial charge in [0.1, 0.15) is 0 Å². The largest absolute Gasteiger partial charge is 0.371 e. The Kier molecular flexibility index (Phi) is 4.00. The van der Waals surface area contributed by atoms with Crippen LogP contribution in [0, 0.1) is 0 Å². The smallest absolute Gasteiger partial charge is 0.0411 e. The minimum Gasteiger partial charge on any atom is -0.371 e. The van der Waals surface area contributed by atoms with E-state index in [1.165, 1.54) is 37.2 Å². The van der Waals surface area contributed by atoms with Crippen molar-refractivity contribution in [1.82, 2.24) is 5.32 Å². The molecule has 0 unspecified atom stereocenters. The van der Waals surface area contributed by atoms with E-state index in [1.54, 1.807) is 0 Å². The first-order valence-electron chi connectivity index (χ1n) is 6.06. The molecular weight excluding hydrogens is 196 g/mol. The van der Waals surface area contributed by atoms with Crippen LogP contribution in [-0.4, -0.2) is 19.6 Å². The lowest BCUT2D eigenvalue weighted by Crippen LogP contribution is -2.21. The van der Waals surface area contributed by atoms with Crippen molar-refractivity contribution >= 4 is 5.69 Å². The predicted octanol–water partition coefficient (Wildman–Crippen LogP) is 2.56. The number of hydrogen-bond acceptors (Lipinski definition) is 2. The molecule has 0 saturated carbocycles. The van der Waals surface area contributed by atoms with Gasteiger partial charge in [-0.1, -0.05) is 24.3 Å². The molecule has 1 aliphatic heterocycles. The summed E-state index contributed by atoms with van der Waals surface area (Å²) in [4.78, 5) is 2.49. The molecule has 0 spiro atoms. The summed E-state index contributed by atoms with van der Waals surface area (Å²) < 4.78 is 0. The number of anilines is 1. The second kappa shape index (κ2) is 5.71. The molecule has 1 fully saturated rings. The SMILES string of the molecule is C=CCNCc1ccccc1N1CCCC1. The Balaban J connectivity index is 2.06. The van der Waals surface area contributed by atoms with Gasteiger partial charge in [-0.05, 0) is 24.5 Å². The zero-order valence-electron chi connectivity index (χ0n) is 9.78. The van der Waals surface area contributed by atoms with Crippen LogP contribution in [0.25, 0.3) is 0 Å². The van der Waals surface area contributed by atoms with E-state index in [9.17, 15) is 0 Å². The van der Waals surface area contributed by atoms with E-state index in [-0.39, 0.29) is 0 Å². The highest BCUT2D eigenvalue weighted by Crippen LogP contribution is 2.24. The maximum Gasteiger partial charge on any atom is 0.0411 e. The Bertz CT molecular complexity index is 340. The molecule has 0 amide bonds. The second-order valence-electron chi connectivity index (χ2n) is 4.24.